The molecule has 158 valence electrons. The number of thiophene rings is 1. The summed E-state index contributed by atoms with van der Waals surface area (Å²) in [6.45, 7) is 3.52. The molecule has 0 bridgehead atoms. The van der Waals surface area contributed by atoms with Crippen molar-refractivity contribution in [2.45, 2.75) is 20.4 Å². The third-order valence-electron chi connectivity index (χ3n) is 5.02. The molecule has 2 heterocycles. The number of amides is 1. The van der Waals surface area contributed by atoms with Crippen LogP contribution in [-0.2, 0) is 11.3 Å². The normalized spacial score (nSPS) is 10.9. The Morgan fingerprint density at radius 1 is 1.10 bits per heavy atom. The van der Waals surface area contributed by atoms with Crippen molar-refractivity contribution in [3.05, 3.63) is 85.9 Å². The fourth-order valence-electron chi connectivity index (χ4n) is 3.46. The number of fused-ring (bicyclic) bond motifs is 1. The molecular weight excluding hydrogens is 414 g/mol. The van der Waals surface area contributed by atoms with Crippen LogP contribution in [0.3, 0.4) is 0 Å². The maximum absolute atomic E-state index is 13.4. The number of benzene rings is 2. The Balaban J connectivity index is 1.80. The minimum absolute atomic E-state index is 0.228. The van der Waals surface area contributed by atoms with Crippen molar-refractivity contribution in [1.29, 1.82) is 0 Å². The van der Waals surface area contributed by atoms with Crippen LogP contribution in [0, 0.1) is 13.8 Å². The first kappa shape index (κ1) is 20.6. The number of aromatic nitrogens is 2. The Morgan fingerprint density at radius 3 is 2.68 bits per heavy atom. The lowest BCUT2D eigenvalue weighted by molar-refractivity contribution is -0.116. The number of carbonyl (C=O) groups excluding carboxylic acids is 1. The number of rotatable bonds is 5. The van der Waals surface area contributed by atoms with E-state index in [4.69, 9.17) is 4.74 Å². The fourth-order valence-corrected chi connectivity index (χ4v) is 4.28. The molecule has 2 aromatic carbocycles. The number of hydrogen-bond acceptors (Lipinski definition) is 5. The summed E-state index contributed by atoms with van der Waals surface area (Å²) in [4.78, 5) is 39.3. The van der Waals surface area contributed by atoms with Crippen molar-refractivity contribution in [3.8, 4) is 11.4 Å². The summed E-state index contributed by atoms with van der Waals surface area (Å²) >= 11 is 1.25. The molecular formula is C23H21N3O4S. The number of hydrogen-bond donors (Lipinski definition) is 1. The van der Waals surface area contributed by atoms with E-state index in [0.717, 1.165) is 15.7 Å². The fraction of sp³-hybridized carbons (Fsp3) is 0.174. The van der Waals surface area contributed by atoms with E-state index in [1.165, 1.54) is 15.9 Å². The van der Waals surface area contributed by atoms with Crippen LogP contribution in [0.15, 0.2) is 63.5 Å². The lowest BCUT2D eigenvalue weighted by atomic mass is 10.1. The summed E-state index contributed by atoms with van der Waals surface area (Å²) in [6.07, 6.45) is 0. The number of nitrogens with zero attached hydrogens (tertiary/aromatic N) is 2. The average molecular weight is 436 g/mol. The molecule has 0 aliphatic rings. The van der Waals surface area contributed by atoms with E-state index in [2.05, 4.69) is 5.32 Å². The van der Waals surface area contributed by atoms with Gasteiger partial charge < -0.3 is 10.1 Å². The third kappa shape index (κ3) is 3.89. The van der Waals surface area contributed by atoms with E-state index >= 15 is 0 Å². The molecule has 0 saturated heterocycles. The van der Waals surface area contributed by atoms with Gasteiger partial charge in [-0.25, -0.2) is 9.36 Å². The van der Waals surface area contributed by atoms with Gasteiger partial charge in [0.1, 0.15) is 17.0 Å². The van der Waals surface area contributed by atoms with Gasteiger partial charge in [0.15, 0.2) is 0 Å². The molecule has 0 fully saturated rings. The van der Waals surface area contributed by atoms with E-state index < -0.39 is 5.69 Å². The van der Waals surface area contributed by atoms with Crippen LogP contribution in [0.25, 0.3) is 15.9 Å². The summed E-state index contributed by atoms with van der Waals surface area (Å²) in [5.41, 5.74) is 2.32. The second kappa shape index (κ2) is 8.23. The number of nitrogens with one attached hydrogen (secondary N) is 1. The zero-order valence-electron chi connectivity index (χ0n) is 17.3. The quantitative estimate of drug-likeness (QED) is 0.520. The van der Waals surface area contributed by atoms with Crippen molar-refractivity contribution in [1.82, 2.24) is 9.13 Å². The van der Waals surface area contributed by atoms with Crippen LogP contribution in [0.5, 0.6) is 5.75 Å². The first-order valence-corrected chi connectivity index (χ1v) is 10.5. The highest BCUT2D eigenvalue weighted by Gasteiger charge is 2.18. The van der Waals surface area contributed by atoms with Gasteiger partial charge in [-0.15, -0.1) is 11.3 Å². The first-order chi connectivity index (χ1) is 14.9. The van der Waals surface area contributed by atoms with Crippen LogP contribution < -0.4 is 21.3 Å². The highest BCUT2D eigenvalue weighted by atomic mass is 32.1. The Bertz CT molecular complexity index is 1410. The molecule has 8 heteroatoms. The van der Waals surface area contributed by atoms with Crippen LogP contribution in [0.2, 0.25) is 0 Å². The molecule has 0 atom stereocenters. The minimum atomic E-state index is -0.551. The molecule has 0 radical (unpaired) electrons. The second-order valence-electron chi connectivity index (χ2n) is 7.21. The molecule has 0 aliphatic heterocycles. The Labute approximate surface area is 182 Å². The van der Waals surface area contributed by atoms with Crippen molar-refractivity contribution < 1.29 is 9.53 Å². The third-order valence-corrected chi connectivity index (χ3v) is 5.91. The maximum Gasteiger partial charge on any atom is 0.336 e. The molecule has 0 aliphatic carbocycles. The maximum atomic E-state index is 13.4. The van der Waals surface area contributed by atoms with E-state index in [1.54, 1.807) is 48.9 Å². The number of anilines is 1. The van der Waals surface area contributed by atoms with Gasteiger partial charge in [-0.2, -0.15) is 0 Å². The van der Waals surface area contributed by atoms with E-state index in [1.807, 2.05) is 26.0 Å². The standard InChI is InChI=1S/C23H21N3O4S/c1-14-7-8-15(2)19(11-14)26-22(28)21-18(9-10-31-21)25(23(26)29)13-20(27)24-16-5-4-6-17(12-16)30-3/h4-12H,13H2,1-3H3,(H,24,27). The van der Waals surface area contributed by atoms with Gasteiger partial charge >= 0.3 is 5.69 Å². The monoisotopic (exact) mass is 435 g/mol. The second-order valence-corrected chi connectivity index (χ2v) is 8.13. The average Bonchev–Trinajstić information content (AvgIpc) is 3.24. The molecule has 1 N–H and O–H groups in total. The topological polar surface area (TPSA) is 82.3 Å². The van der Waals surface area contributed by atoms with E-state index in [9.17, 15) is 14.4 Å². The molecule has 4 aromatic rings. The van der Waals surface area contributed by atoms with Crippen LogP contribution >= 0.6 is 11.3 Å². The van der Waals surface area contributed by atoms with Crippen molar-refractivity contribution >= 4 is 33.1 Å². The SMILES string of the molecule is COc1cccc(NC(=O)Cn2c(=O)n(-c3cc(C)ccc3C)c(=O)c3sccc32)c1. The Morgan fingerprint density at radius 2 is 1.90 bits per heavy atom. The summed E-state index contributed by atoms with van der Waals surface area (Å²) in [5, 5.41) is 4.53. The predicted molar refractivity (Wildman–Crippen MR) is 123 cm³/mol. The first-order valence-electron chi connectivity index (χ1n) is 9.63. The van der Waals surface area contributed by atoms with Crippen molar-refractivity contribution in [3.63, 3.8) is 0 Å². The molecule has 2 aromatic heterocycles. The Hall–Kier alpha value is -3.65. The summed E-state index contributed by atoms with van der Waals surface area (Å²) < 4.78 is 8.09. The van der Waals surface area contributed by atoms with E-state index in [0.29, 0.717) is 27.3 Å². The zero-order valence-corrected chi connectivity index (χ0v) is 18.2. The molecule has 7 nitrogen and oxygen atoms in total. The zero-order chi connectivity index (χ0) is 22.1. The number of carbonyl (C=O) groups is 1. The van der Waals surface area contributed by atoms with Gasteiger partial charge in [0.05, 0.1) is 18.3 Å². The van der Waals surface area contributed by atoms with Gasteiger partial charge in [0.2, 0.25) is 5.91 Å². The molecule has 31 heavy (non-hydrogen) atoms. The Kier molecular flexibility index (Phi) is 5.48. The summed E-state index contributed by atoms with van der Waals surface area (Å²) in [6, 6.07) is 14.3. The van der Waals surface area contributed by atoms with Gasteiger partial charge in [0.25, 0.3) is 5.56 Å². The minimum Gasteiger partial charge on any atom is -0.497 e. The van der Waals surface area contributed by atoms with Crippen LogP contribution in [-0.4, -0.2) is 22.2 Å². The summed E-state index contributed by atoms with van der Waals surface area (Å²) in [5.74, 6) is 0.229. The molecule has 0 saturated carbocycles. The van der Waals surface area contributed by atoms with Gasteiger partial charge in [-0.3, -0.25) is 14.2 Å². The summed E-state index contributed by atoms with van der Waals surface area (Å²) in [7, 11) is 1.55. The van der Waals surface area contributed by atoms with Gasteiger partial charge in [0, 0.05) is 11.8 Å². The van der Waals surface area contributed by atoms with Crippen molar-refractivity contribution in [2.24, 2.45) is 0 Å². The highest BCUT2D eigenvalue weighted by Crippen LogP contribution is 2.19. The predicted octanol–water partition coefficient (Wildman–Crippen LogP) is 3.48. The van der Waals surface area contributed by atoms with Crippen LogP contribution in [0.1, 0.15) is 11.1 Å². The smallest absolute Gasteiger partial charge is 0.336 e. The van der Waals surface area contributed by atoms with Gasteiger partial charge in [-0.05, 0) is 54.6 Å². The highest BCUT2D eigenvalue weighted by molar-refractivity contribution is 7.17. The van der Waals surface area contributed by atoms with Crippen molar-refractivity contribution in [2.75, 3.05) is 12.4 Å². The largest absolute Gasteiger partial charge is 0.497 e. The lowest BCUT2D eigenvalue weighted by Crippen LogP contribution is -2.40. The molecule has 0 spiro atoms. The number of methoxy groups -OCH3 is 1. The van der Waals surface area contributed by atoms with E-state index in [-0.39, 0.29) is 18.0 Å². The lowest BCUT2D eigenvalue weighted by Gasteiger charge is -2.14. The number of ether oxygens (including phenoxy) is 1. The van der Waals surface area contributed by atoms with Crippen LogP contribution in [0.4, 0.5) is 5.69 Å². The molecule has 0 unspecified atom stereocenters. The molecule has 4 rings (SSSR count). The number of aryl methyl sites for hydroxylation is 2. The van der Waals surface area contributed by atoms with Gasteiger partial charge in [-0.1, -0.05) is 18.2 Å². The molecule has 1 amide bonds.